The minimum atomic E-state index is -1.09. The van der Waals surface area contributed by atoms with Crippen LogP contribution in [0.2, 0.25) is 0 Å². The van der Waals surface area contributed by atoms with Crippen LogP contribution in [0.4, 0.5) is 4.39 Å². The molecular formula is C26H25FN4O5. The zero-order valence-electron chi connectivity index (χ0n) is 19.4. The van der Waals surface area contributed by atoms with Crippen molar-refractivity contribution in [2.24, 2.45) is 0 Å². The Morgan fingerprint density at radius 1 is 1.03 bits per heavy atom. The summed E-state index contributed by atoms with van der Waals surface area (Å²) in [5.41, 5.74) is -0.414. The van der Waals surface area contributed by atoms with Gasteiger partial charge in [0.2, 0.25) is 5.91 Å². The van der Waals surface area contributed by atoms with Crippen LogP contribution in [-0.4, -0.2) is 64.0 Å². The first-order valence-electron chi connectivity index (χ1n) is 11.7. The molecule has 2 saturated heterocycles. The highest BCUT2D eigenvalue weighted by atomic mass is 19.1. The number of ether oxygens (including phenoxy) is 1. The Morgan fingerprint density at radius 2 is 1.81 bits per heavy atom. The summed E-state index contributed by atoms with van der Waals surface area (Å²) in [6.07, 6.45) is 3.56. The molecule has 2 aliphatic rings. The molecule has 9 nitrogen and oxygen atoms in total. The van der Waals surface area contributed by atoms with E-state index in [9.17, 15) is 18.8 Å². The summed E-state index contributed by atoms with van der Waals surface area (Å²) < 4.78 is 25.6. The zero-order chi connectivity index (χ0) is 25.1. The number of likely N-dealkylation sites (tertiary alicyclic amines) is 1. The quantitative estimate of drug-likeness (QED) is 0.587. The number of rotatable bonds is 5. The maximum atomic E-state index is 14.2. The molecule has 2 aliphatic heterocycles. The predicted molar refractivity (Wildman–Crippen MR) is 125 cm³/mol. The number of carbonyl (C=O) groups excluding carboxylic acids is 3. The van der Waals surface area contributed by atoms with Crippen LogP contribution >= 0.6 is 0 Å². The molecule has 10 heteroatoms. The Hall–Kier alpha value is -4.05. The van der Waals surface area contributed by atoms with E-state index in [-0.39, 0.29) is 56.3 Å². The summed E-state index contributed by atoms with van der Waals surface area (Å²) in [6, 6.07) is 13.5. The van der Waals surface area contributed by atoms with Gasteiger partial charge >= 0.3 is 0 Å². The zero-order valence-corrected chi connectivity index (χ0v) is 19.4. The maximum Gasteiger partial charge on any atom is 0.292 e. The van der Waals surface area contributed by atoms with Crippen molar-refractivity contribution in [3.8, 4) is 0 Å². The number of pyridine rings is 1. The molecule has 0 bridgehead atoms. The fraction of sp³-hybridized carbons (Fsp3) is 0.308. The van der Waals surface area contributed by atoms with Gasteiger partial charge in [-0.25, -0.2) is 4.39 Å². The minimum absolute atomic E-state index is 0.00175. The maximum absolute atomic E-state index is 14.2. The first kappa shape index (κ1) is 23.7. The second-order valence-electron chi connectivity index (χ2n) is 8.74. The molecule has 2 fully saturated rings. The largest absolute Gasteiger partial charge is 0.459 e. The Labute approximate surface area is 206 Å². The van der Waals surface area contributed by atoms with Crippen molar-refractivity contribution in [1.82, 2.24) is 20.1 Å². The number of benzene rings is 1. The second kappa shape index (κ2) is 9.90. The molecule has 1 atom stereocenters. The van der Waals surface area contributed by atoms with E-state index in [1.165, 1.54) is 40.3 Å². The number of piperidine rings is 1. The van der Waals surface area contributed by atoms with Gasteiger partial charge in [0.05, 0.1) is 30.7 Å². The number of amides is 3. The molecule has 3 aromatic rings. The summed E-state index contributed by atoms with van der Waals surface area (Å²) in [5.74, 6) is -1.76. The Balaban J connectivity index is 1.34. The summed E-state index contributed by atoms with van der Waals surface area (Å²) in [6.45, 7) is 0.674. The van der Waals surface area contributed by atoms with Gasteiger partial charge in [-0.2, -0.15) is 0 Å². The highest BCUT2D eigenvalue weighted by Crippen LogP contribution is 2.39. The van der Waals surface area contributed by atoms with Gasteiger partial charge in [-0.15, -0.1) is 0 Å². The summed E-state index contributed by atoms with van der Waals surface area (Å²) in [4.78, 5) is 46.7. The number of nitrogens with zero attached hydrogens (tertiary/aromatic N) is 3. The monoisotopic (exact) mass is 492 g/mol. The smallest absolute Gasteiger partial charge is 0.292 e. The van der Waals surface area contributed by atoms with Gasteiger partial charge in [-0.1, -0.05) is 18.2 Å². The van der Waals surface area contributed by atoms with E-state index in [0.29, 0.717) is 5.69 Å². The van der Waals surface area contributed by atoms with Crippen molar-refractivity contribution in [3.05, 3.63) is 89.9 Å². The van der Waals surface area contributed by atoms with E-state index >= 15 is 0 Å². The average molecular weight is 493 g/mol. The fourth-order valence-corrected chi connectivity index (χ4v) is 4.75. The first-order chi connectivity index (χ1) is 17.5. The molecule has 1 aromatic carbocycles. The highest BCUT2D eigenvalue weighted by molar-refractivity contribution is 5.97. The molecule has 4 heterocycles. The molecule has 0 saturated carbocycles. The molecule has 0 unspecified atom stereocenters. The topological polar surface area (TPSA) is 105 Å². The van der Waals surface area contributed by atoms with Crippen molar-refractivity contribution in [3.63, 3.8) is 0 Å². The molecule has 2 aromatic heterocycles. The predicted octanol–water partition coefficient (Wildman–Crippen LogP) is 2.60. The van der Waals surface area contributed by atoms with E-state index in [1.54, 1.807) is 30.5 Å². The van der Waals surface area contributed by atoms with Crippen LogP contribution in [0.15, 0.2) is 71.5 Å². The van der Waals surface area contributed by atoms with E-state index in [0.717, 1.165) is 0 Å². The third kappa shape index (κ3) is 4.47. The lowest BCUT2D eigenvalue weighted by atomic mass is 9.96. The Morgan fingerprint density at radius 3 is 2.50 bits per heavy atom. The average Bonchev–Trinajstić information content (AvgIpc) is 3.57. The molecule has 1 N–H and O–H groups in total. The van der Waals surface area contributed by atoms with Crippen molar-refractivity contribution < 1.29 is 27.9 Å². The number of carbonyl (C=O) groups is 3. The fourth-order valence-electron chi connectivity index (χ4n) is 4.75. The molecule has 36 heavy (non-hydrogen) atoms. The lowest BCUT2D eigenvalue weighted by Gasteiger charge is -2.44. The lowest BCUT2D eigenvalue weighted by Crippen LogP contribution is -2.59. The van der Waals surface area contributed by atoms with E-state index in [2.05, 4.69) is 10.3 Å². The van der Waals surface area contributed by atoms with E-state index in [4.69, 9.17) is 9.15 Å². The number of hydrogen-bond acceptors (Lipinski definition) is 6. The number of furan rings is 1. The van der Waals surface area contributed by atoms with Gasteiger partial charge < -0.3 is 19.4 Å². The summed E-state index contributed by atoms with van der Waals surface area (Å²) in [7, 11) is 0. The lowest BCUT2D eigenvalue weighted by molar-refractivity contribution is -0.128. The SMILES string of the molecule is O=C(NCc1ccccn1)[C@@H]1COC2(CCN(C(=O)c3ccccc3F)CC2)N1C(=O)c1ccco1. The number of nitrogens with one attached hydrogen (secondary N) is 1. The summed E-state index contributed by atoms with van der Waals surface area (Å²) in [5, 5.41) is 2.84. The van der Waals surface area contributed by atoms with Crippen LogP contribution in [0.1, 0.15) is 39.4 Å². The molecule has 0 radical (unpaired) electrons. The molecule has 5 rings (SSSR count). The van der Waals surface area contributed by atoms with Crippen LogP contribution in [0, 0.1) is 5.82 Å². The molecule has 3 amide bonds. The minimum Gasteiger partial charge on any atom is -0.459 e. The van der Waals surface area contributed by atoms with Gasteiger partial charge in [0, 0.05) is 32.1 Å². The van der Waals surface area contributed by atoms with Crippen LogP contribution in [0.5, 0.6) is 0 Å². The van der Waals surface area contributed by atoms with E-state index in [1.807, 2.05) is 6.07 Å². The van der Waals surface area contributed by atoms with Crippen molar-refractivity contribution >= 4 is 17.7 Å². The van der Waals surface area contributed by atoms with Crippen molar-refractivity contribution in [2.75, 3.05) is 19.7 Å². The second-order valence-corrected chi connectivity index (χ2v) is 8.74. The van der Waals surface area contributed by atoms with Crippen molar-refractivity contribution in [2.45, 2.75) is 31.2 Å². The van der Waals surface area contributed by atoms with Crippen molar-refractivity contribution in [1.29, 1.82) is 0 Å². The van der Waals surface area contributed by atoms with Gasteiger partial charge in [0.15, 0.2) is 5.76 Å². The van der Waals surface area contributed by atoms with Gasteiger partial charge in [0.1, 0.15) is 17.6 Å². The standard InChI is InChI=1S/C26H25FN4O5/c27-20-8-2-1-7-19(20)24(33)30-13-10-26(11-14-30)31(25(34)22-9-5-15-35-22)21(17-36-26)23(32)29-16-18-6-3-4-12-28-18/h1-9,12,15,21H,10-11,13-14,16-17H2,(H,29,32)/t21-/m0/s1. The van der Waals surface area contributed by atoms with Gasteiger partial charge in [0.25, 0.3) is 11.8 Å². The number of halogens is 1. The molecular weight excluding hydrogens is 467 g/mol. The molecule has 1 spiro atoms. The number of aromatic nitrogens is 1. The Bertz CT molecular complexity index is 1240. The third-order valence-electron chi connectivity index (χ3n) is 6.62. The van der Waals surface area contributed by atoms with Crippen LogP contribution < -0.4 is 5.32 Å². The molecule has 0 aliphatic carbocycles. The first-order valence-corrected chi connectivity index (χ1v) is 11.7. The van der Waals surface area contributed by atoms with Crippen LogP contribution in [0.25, 0.3) is 0 Å². The van der Waals surface area contributed by atoms with Crippen LogP contribution in [-0.2, 0) is 16.1 Å². The normalized spacial score (nSPS) is 18.9. The molecule has 186 valence electrons. The third-order valence-corrected chi connectivity index (χ3v) is 6.62. The Kier molecular flexibility index (Phi) is 6.51. The van der Waals surface area contributed by atoms with E-state index < -0.39 is 29.4 Å². The number of hydrogen-bond donors (Lipinski definition) is 1. The van der Waals surface area contributed by atoms with Crippen LogP contribution in [0.3, 0.4) is 0 Å². The van der Waals surface area contributed by atoms with Gasteiger partial charge in [-0.3, -0.25) is 24.3 Å². The van der Waals surface area contributed by atoms with Gasteiger partial charge in [-0.05, 0) is 36.4 Å². The highest BCUT2D eigenvalue weighted by Gasteiger charge is 2.54. The summed E-state index contributed by atoms with van der Waals surface area (Å²) >= 11 is 0.